The number of hydrogen-bond donors (Lipinski definition) is 1. The average molecular weight is 225 g/mol. The van der Waals surface area contributed by atoms with Crippen LogP contribution in [-0.2, 0) is 4.74 Å². The summed E-state index contributed by atoms with van der Waals surface area (Å²) in [7, 11) is 0. The minimum absolute atomic E-state index is 0.261. The maximum absolute atomic E-state index is 8.93. The molecular weight excluding hydrogens is 202 g/mol. The lowest BCUT2D eigenvalue weighted by Gasteiger charge is -2.40. The van der Waals surface area contributed by atoms with Gasteiger partial charge in [0.1, 0.15) is 5.54 Å². The highest BCUT2D eigenvalue weighted by Gasteiger charge is 2.29. The minimum atomic E-state index is -0.732. The van der Waals surface area contributed by atoms with E-state index >= 15 is 0 Å². The fraction of sp³-hybridized carbons (Fsp3) is 0.917. The third-order valence-electron chi connectivity index (χ3n) is 3.05. The average Bonchev–Trinajstić information content (AvgIpc) is 2.15. The molecule has 0 aromatic rings. The Morgan fingerprint density at radius 3 is 2.44 bits per heavy atom. The van der Waals surface area contributed by atoms with E-state index in [-0.39, 0.29) is 12.2 Å². The SMILES string of the molecule is CC1CN(C(C)CC(C)(N)C#N)CC(C)O1. The number of morpholine rings is 1. The van der Waals surface area contributed by atoms with Gasteiger partial charge < -0.3 is 10.5 Å². The van der Waals surface area contributed by atoms with Gasteiger partial charge in [-0.1, -0.05) is 0 Å². The Kier molecular flexibility index (Phi) is 4.31. The Bertz CT molecular complexity index is 262. The van der Waals surface area contributed by atoms with Crippen LogP contribution in [0.2, 0.25) is 0 Å². The van der Waals surface area contributed by atoms with E-state index in [2.05, 4.69) is 31.7 Å². The van der Waals surface area contributed by atoms with Gasteiger partial charge in [-0.25, -0.2) is 0 Å². The normalized spacial score (nSPS) is 32.8. The predicted octanol–water partition coefficient (Wildman–Crippen LogP) is 1.12. The molecule has 0 aliphatic carbocycles. The van der Waals surface area contributed by atoms with E-state index < -0.39 is 5.54 Å². The summed E-state index contributed by atoms with van der Waals surface area (Å²) in [5, 5.41) is 8.93. The Labute approximate surface area is 98.4 Å². The summed E-state index contributed by atoms with van der Waals surface area (Å²) in [6, 6.07) is 2.48. The van der Waals surface area contributed by atoms with Crippen molar-refractivity contribution in [2.45, 2.75) is 57.9 Å². The fourth-order valence-electron chi connectivity index (χ4n) is 2.37. The van der Waals surface area contributed by atoms with Crippen LogP contribution in [0.3, 0.4) is 0 Å². The zero-order valence-corrected chi connectivity index (χ0v) is 10.7. The molecule has 1 aliphatic rings. The van der Waals surface area contributed by atoms with Gasteiger partial charge in [0.05, 0.1) is 18.3 Å². The van der Waals surface area contributed by atoms with E-state index in [4.69, 9.17) is 15.7 Å². The fourth-order valence-corrected chi connectivity index (χ4v) is 2.37. The number of hydrogen-bond acceptors (Lipinski definition) is 4. The zero-order chi connectivity index (χ0) is 12.3. The van der Waals surface area contributed by atoms with Crippen molar-refractivity contribution < 1.29 is 4.74 Å². The Hall–Kier alpha value is -0.630. The maximum Gasteiger partial charge on any atom is 0.102 e. The molecule has 0 aromatic carbocycles. The highest BCUT2D eigenvalue weighted by molar-refractivity contribution is 5.03. The molecule has 0 radical (unpaired) electrons. The molecule has 0 spiro atoms. The van der Waals surface area contributed by atoms with Crippen molar-refractivity contribution in [2.75, 3.05) is 13.1 Å². The van der Waals surface area contributed by atoms with Crippen molar-refractivity contribution in [3.05, 3.63) is 0 Å². The molecule has 1 saturated heterocycles. The van der Waals surface area contributed by atoms with Gasteiger partial charge in [-0.2, -0.15) is 5.26 Å². The quantitative estimate of drug-likeness (QED) is 0.781. The lowest BCUT2D eigenvalue weighted by atomic mass is 9.95. The lowest BCUT2D eigenvalue weighted by molar-refractivity contribution is -0.0802. The van der Waals surface area contributed by atoms with Crippen LogP contribution in [0.15, 0.2) is 0 Å². The Morgan fingerprint density at radius 1 is 1.50 bits per heavy atom. The summed E-state index contributed by atoms with van der Waals surface area (Å²) in [6.45, 7) is 9.94. The molecule has 1 heterocycles. The van der Waals surface area contributed by atoms with Gasteiger partial charge in [-0.05, 0) is 34.1 Å². The van der Waals surface area contributed by atoms with Crippen LogP contribution in [0.1, 0.15) is 34.1 Å². The lowest BCUT2D eigenvalue weighted by Crippen LogP contribution is -2.52. The standard InChI is InChI=1S/C12H23N3O/c1-9(5-12(4,14)8-13)15-6-10(2)16-11(3)7-15/h9-11H,5-7,14H2,1-4H3. The van der Waals surface area contributed by atoms with Gasteiger partial charge in [-0.3, -0.25) is 4.90 Å². The molecule has 2 N–H and O–H groups in total. The van der Waals surface area contributed by atoms with E-state index in [1.165, 1.54) is 0 Å². The van der Waals surface area contributed by atoms with Crippen LogP contribution in [0, 0.1) is 11.3 Å². The van der Waals surface area contributed by atoms with Crippen LogP contribution in [0.4, 0.5) is 0 Å². The van der Waals surface area contributed by atoms with Gasteiger partial charge in [-0.15, -0.1) is 0 Å². The first kappa shape index (κ1) is 13.4. The smallest absolute Gasteiger partial charge is 0.102 e. The number of rotatable bonds is 3. The van der Waals surface area contributed by atoms with Crippen molar-refractivity contribution in [1.82, 2.24) is 4.90 Å². The largest absolute Gasteiger partial charge is 0.373 e. The number of nitrogens with zero attached hydrogens (tertiary/aromatic N) is 2. The van der Waals surface area contributed by atoms with Crippen LogP contribution < -0.4 is 5.73 Å². The van der Waals surface area contributed by atoms with Crippen molar-refractivity contribution in [1.29, 1.82) is 5.26 Å². The molecule has 4 atom stereocenters. The van der Waals surface area contributed by atoms with Gasteiger partial charge in [0.2, 0.25) is 0 Å². The molecule has 0 saturated carbocycles. The minimum Gasteiger partial charge on any atom is -0.373 e. The van der Waals surface area contributed by atoms with Crippen LogP contribution in [-0.4, -0.2) is 41.8 Å². The second-order valence-corrected chi connectivity index (χ2v) is 5.29. The first-order valence-electron chi connectivity index (χ1n) is 5.93. The van der Waals surface area contributed by atoms with E-state index in [1.54, 1.807) is 6.92 Å². The highest BCUT2D eigenvalue weighted by Crippen LogP contribution is 2.18. The van der Waals surface area contributed by atoms with Crippen molar-refractivity contribution in [3.63, 3.8) is 0 Å². The van der Waals surface area contributed by atoms with E-state index in [1.807, 2.05) is 0 Å². The molecule has 4 heteroatoms. The van der Waals surface area contributed by atoms with Gasteiger partial charge in [0.25, 0.3) is 0 Å². The van der Waals surface area contributed by atoms with Gasteiger partial charge in [0, 0.05) is 19.1 Å². The molecule has 4 nitrogen and oxygen atoms in total. The van der Waals surface area contributed by atoms with Crippen LogP contribution in [0.25, 0.3) is 0 Å². The first-order valence-corrected chi connectivity index (χ1v) is 5.93. The van der Waals surface area contributed by atoms with Crippen LogP contribution >= 0.6 is 0 Å². The molecule has 0 bridgehead atoms. The number of nitriles is 1. The maximum atomic E-state index is 8.93. The van der Waals surface area contributed by atoms with Gasteiger partial charge in [0.15, 0.2) is 0 Å². The zero-order valence-electron chi connectivity index (χ0n) is 10.7. The van der Waals surface area contributed by atoms with E-state index in [0.29, 0.717) is 12.5 Å². The predicted molar refractivity (Wildman–Crippen MR) is 63.9 cm³/mol. The third-order valence-corrected chi connectivity index (χ3v) is 3.05. The monoisotopic (exact) mass is 225 g/mol. The molecule has 16 heavy (non-hydrogen) atoms. The van der Waals surface area contributed by atoms with Crippen molar-refractivity contribution in [3.8, 4) is 6.07 Å². The summed E-state index contributed by atoms with van der Waals surface area (Å²) in [4.78, 5) is 2.36. The van der Waals surface area contributed by atoms with E-state index in [9.17, 15) is 0 Å². The number of nitrogens with two attached hydrogens (primary N) is 1. The van der Waals surface area contributed by atoms with Crippen LogP contribution in [0.5, 0.6) is 0 Å². The first-order chi connectivity index (χ1) is 7.34. The molecule has 92 valence electrons. The molecule has 0 amide bonds. The van der Waals surface area contributed by atoms with E-state index in [0.717, 1.165) is 13.1 Å². The molecule has 0 aromatic heterocycles. The third kappa shape index (κ3) is 3.75. The second-order valence-electron chi connectivity index (χ2n) is 5.29. The highest BCUT2D eigenvalue weighted by atomic mass is 16.5. The summed E-state index contributed by atoms with van der Waals surface area (Å²) in [5.41, 5.74) is 5.14. The second kappa shape index (κ2) is 5.13. The molecule has 1 fully saturated rings. The van der Waals surface area contributed by atoms with Crippen molar-refractivity contribution in [2.24, 2.45) is 5.73 Å². The van der Waals surface area contributed by atoms with Crippen molar-refractivity contribution >= 4 is 0 Å². The summed E-state index contributed by atoms with van der Waals surface area (Å²) in [5.74, 6) is 0. The molecule has 1 aliphatic heterocycles. The summed E-state index contributed by atoms with van der Waals surface area (Å²) >= 11 is 0. The topological polar surface area (TPSA) is 62.3 Å². The summed E-state index contributed by atoms with van der Waals surface area (Å²) in [6.07, 6.45) is 1.22. The van der Waals surface area contributed by atoms with Gasteiger partial charge >= 0.3 is 0 Å². The summed E-state index contributed by atoms with van der Waals surface area (Å²) < 4.78 is 5.69. The molecule has 4 unspecified atom stereocenters. The number of ether oxygens (including phenoxy) is 1. The Balaban J connectivity index is 2.54. The molecule has 1 rings (SSSR count). The Morgan fingerprint density at radius 2 is 2.00 bits per heavy atom. The molecular formula is C12H23N3O.